The van der Waals surface area contributed by atoms with E-state index in [1.54, 1.807) is 24.3 Å². The molecule has 0 atom stereocenters. The third-order valence-electron chi connectivity index (χ3n) is 2.85. The molecule has 3 N–H and O–H groups in total. The maximum atomic E-state index is 12.2. The molecule has 24 heavy (non-hydrogen) atoms. The van der Waals surface area contributed by atoms with Gasteiger partial charge in [-0.25, -0.2) is 9.59 Å². The van der Waals surface area contributed by atoms with E-state index < -0.39 is 18.1 Å². The molecule has 4 amide bonds. The molecule has 0 aliphatic carbocycles. The van der Waals surface area contributed by atoms with Crippen LogP contribution in [0.1, 0.15) is 25.3 Å². The number of benzene rings is 1. The van der Waals surface area contributed by atoms with Crippen LogP contribution in [0.3, 0.4) is 0 Å². The molecule has 0 aliphatic rings. The van der Waals surface area contributed by atoms with Gasteiger partial charge in [-0.1, -0.05) is 13.3 Å². The molecule has 0 heterocycles. The maximum absolute atomic E-state index is 12.2. The highest BCUT2D eigenvalue weighted by molar-refractivity contribution is 7.98. The Morgan fingerprint density at radius 1 is 1.33 bits per heavy atom. The number of rotatable bonds is 5. The number of unbranched alkanes of at least 4 members (excludes halogenated alkanes) is 1. The van der Waals surface area contributed by atoms with Crippen molar-refractivity contribution in [1.29, 1.82) is 10.7 Å². The second kappa shape index (κ2) is 10.1. The number of nitrogens with zero attached hydrogens (tertiary/aromatic N) is 2. The highest BCUT2D eigenvalue weighted by atomic mass is 32.2. The van der Waals surface area contributed by atoms with Gasteiger partial charge in [-0.2, -0.15) is 10.2 Å². The fourth-order valence-corrected chi connectivity index (χ4v) is 2.13. The zero-order valence-electron chi connectivity index (χ0n) is 13.5. The number of imide groups is 1. The lowest BCUT2D eigenvalue weighted by atomic mass is 10.2. The van der Waals surface area contributed by atoms with Gasteiger partial charge in [0.15, 0.2) is 0 Å². The summed E-state index contributed by atoms with van der Waals surface area (Å²) >= 11 is 0.967. The first kappa shape index (κ1) is 19.3. The second-order valence-corrected chi connectivity index (χ2v) is 5.46. The number of nitriles is 1. The average Bonchev–Trinajstić information content (AvgIpc) is 2.60. The van der Waals surface area contributed by atoms with Crippen molar-refractivity contribution in [2.75, 3.05) is 13.7 Å². The van der Waals surface area contributed by atoms with E-state index in [-0.39, 0.29) is 0 Å². The number of carbonyl (C=O) groups excluding carboxylic acids is 2. The Balaban J connectivity index is 2.68. The number of carbonyl (C=O) groups is 2. The molecule has 0 spiro atoms. The number of methoxy groups -OCH3 is 1. The Hall–Kier alpha value is -2.73. The zero-order chi connectivity index (χ0) is 17.9. The minimum absolute atomic E-state index is 0.402. The van der Waals surface area contributed by atoms with Crippen LogP contribution in [0.5, 0.6) is 0 Å². The Labute approximate surface area is 144 Å². The Kier molecular flexibility index (Phi) is 8.15. The lowest BCUT2D eigenvalue weighted by molar-refractivity contribution is 0.197. The summed E-state index contributed by atoms with van der Waals surface area (Å²) in [6.07, 6.45) is 1.66. The average molecular weight is 349 g/mol. The maximum Gasteiger partial charge on any atom is 0.344 e. The van der Waals surface area contributed by atoms with Gasteiger partial charge in [-0.3, -0.25) is 10.1 Å². The Morgan fingerprint density at radius 2 is 2.00 bits per heavy atom. The van der Waals surface area contributed by atoms with Crippen molar-refractivity contribution in [3.05, 3.63) is 29.8 Å². The summed E-state index contributed by atoms with van der Waals surface area (Å²) in [6.45, 7) is 2.38. The molecule has 1 rings (SSSR count). The van der Waals surface area contributed by atoms with Crippen LogP contribution < -0.4 is 10.0 Å². The number of hydrogen-bond acceptors (Lipinski definition) is 6. The molecular formula is C15H19N5O3S. The summed E-state index contributed by atoms with van der Waals surface area (Å²) in [6, 6.07) is 6.44. The van der Waals surface area contributed by atoms with Crippen LogP contribution in [-0.2, 0) is 4.74 Å². The van der Waals surface area contributed by atoms with Crippen LogP contribution >= 0.6 is 11.9 Å². The predicted molar refractivity (Wildman–Crippen MR) is 90.4 cm³/mol. The van der Waals surface area contributed by atoms with Gasteiger partial charge < -0.3 is 10.1 Å². The normalized spacial score (nSPS) is 9.54. The van der Waals surface area contributed by atoms with Gasteiger partial charge in [0.2, 0.25) is 0 Å². The molecule has 0 saturated heterocycles. The summed E-state index contributed by atoms with van der Waals surface area (Å²) in [5.74, 6) is 0. The van der Waals surface area contributed by atoms with Gasteiger partial charge in [0, 0.05) is 11.4 Å². The van der Waals surface area contributed by atoms with Gasteiger partial charge in [-0.05, 0) is 42.6 Å². The number of amidine groups is 1. The fraction of sp³-hybridized carbons (Fsp3) is 0.333. The van der Waals surface area contributed by atoms with Crippen LogP contribution in [0.25, 0.3) is 0 Å². The molecule has 8 nitrogen and oxygen atoms in total. The lowest BCUT2D eigenvalue weighted by Crippen LogP contribution is -2.50. The standard InChI is InChI=1S/C15H19N5O3S/c1-3-4-9-18-14(21)20(13(17)23-2)15(22)19-24-12-7-5-11(10-16)6-8-12/h5-8,17H,3-4,9H2,1-2H3,(H,18,21)(H,19,22). The van der Waals surface area contributed by atoms with E-state index in [2.05, 4.69) is 14.8 Å². The summed E-state index contributed by atoms with van der Waals surface area (Å²) in [7, 11) is 1.20. The Morgan fingerprint density at radius 3 is 2.54 bits per heavy atom. The van der Waals surface area contributed by atoms with Crippen molar-refractivity contribution in [3.63, 3.8) is 0 Å². The van der Waals surface area contributed by atoms with Crippen LogP contribution in [0.2, 0.25) is 0 Å². The van der Waals surface area contributed by atoms with E-state index in [1.165, 1.54) is 7.11 Å². The highest BCUT2D eigenvalue weighted by Gasteiger charge is 2.26. The number of hydrogen-bond donors (Lipinski definition) is 3. The third-order valence-corrected chi connectivity index (χ3v) is 3.63. The molecule has 0 radical (unpaired) electrons. The molecule has 0 saturated carbocycles. The summed E-state index contributed by atoms with van der Waals surface area (Å²) in [5.41, 5.74) is 0.503. The third kappa shape index (κ3) is 5.81. The van der Waals surface area contributed by atoms with E-state index in [0.717, 1.165) is 24.8 Å². The highest BCUT2D eigenvalue weighted by Crippen LogP contribution is 2.15. The second-order valence-electron chi connectivity index (χ2n) is 4.58. The van der Waals surface area contributed by atoms with Crippen molar-refractivity contribution in [1.82, 2.24) is 14.9 Å². The van der Waals surface area contributed by atoms with Crippen molar-refractivity contribution >= 4 is 30.0 Å². The van der Waals surface area contributed by atoms with Crippen molar-refractivity contribution in [2.45, 2.75) is 24.7 Å². The van der Waals surface area contributed by atoms with Gasteiger partial charge in [0.1, 0.15) is 0 Å². The minimum Gasteiger partial charge on any atom is -0.468 e. The topological polar surface area (TPSA) is 118 Å². The Bertz CT molecular complexity index is 627. The summed E-state index contributed by atoms with van der Waals surface area (Å²) < 4.78 is 7.15. The first-order chi connectivity index (χ1) is 11.5. The van der Waals surface area contributed by atoms with Crippen molar-refractivity contribution in [2.24, 2.45) is 0 Å². The number of urea groups is 2. The molecule has 0 aromatic heterocycles. The number of amides is 4. The van der Waals surface area contributed by atoms with Crippen LogP contribution in [0.4, 0.5) is 9.59 Å². The smallest absolute Gasteiger partial charge is 0.344 e. The number of ether oxygens (including phenoxy) is 1. The van der Waals surface area contributed by atoms with Crippen molar-refractivity contribution in [3.8, 4) is 6.07 Å². The van der Waals surface area contributed by atoms with Gasteiger partial charge in [0.05, 0.1) is 18.7 Å². The zero-order valence-corrected chi connectivity index (χ0v) is 14.3. The van der Waals surface area contributed by atoms with Crippen LogP contribution in [0, 0.1) is 16.7 Å². The molecule has 128 valence electrons. The monoisotopic (exact) mass is 349 g/mol. The molecule has 9 heteroatoms. The van der Waals surface area contributed by atoms with E-state index in [0.29, 0.717) is 21.9 Å². The van der Waals surface area contributed by atoms with Gasteiger partial charge >= 0.3 is 18.1 Å². The van der Waals surface area contributed by atoms with E-state index in [1.807, 2.05) is 13.0 Å². The van der Waals surface area contributed by atoms with Crippen LogP contribution in [-0.4, -0.2) is 36.6 Å². The quantitative estimate of drug-likeness (QED) is 0.327. The summed E-state index contributed by atoms with van der Waals surface area (Å²) in [4.78, 5) is 25.5. The molecule has 0 fully saturated rings. The first-order valence-electron chi connectivity index (χ1n) is 7.21. The van der Waals surface area contributed by atoms with E-state index in [4.69, 9.17) is 10.7 Å². The molecule has 1 aromatic rings. The molecule has 0 unspecified atom stereocenters. The van der Waals surface area contributed by atoms with Gasteiger partial charge in [0.25, 0.3) is 0 Å². The van der Waals surface area contributed by atoms with Gasteiger partial charge in [-0.15, -0.1) is 0 Å². The van der Waals surface area contributed by atoms with Crippen molar-refractivity contribution < 1.29 is 14.3 Å². The molecule has 0 aliphatic heterocycles. The van der Waals surface area contributed by atoms with E-state index in [9.17, 15) is 9.59 Å². The molecule has 0 bridgehead atoms. The molecule has 1 aromatic carbocycles. The SMILES string of the molecule is CCCCNC(=O)N(C(=N)OC)C(=O)NSc1ccc(C#N)cc1. The van der Waals surface area contributed by atoms with Crippen LogP contribution in [0.15, 0.2) is 29.2 Å². The molecular weight excluding hydrogens is 330 g/mol. The fourth-order valence-electron chi connectivity index (χ4n) is 1.56. The predicted octanol–water partition coefficient (Wildman–Crippen LogP) is 2.67. The van der Waals surface area contributed by atoms with E-state index >= 15 is 0 Å². The number of nitrogens with one attached hydrogen (secondary N) is 3. The lowest BCUT2D eigenvalue weighted by Gasteiger charge is -2.20. The first-order valence-corrected chi connectivity index (χ1v) is 8.02. The summed E-state index contributed by atoms with van der Waals surface area (Å²) in [5, 5.41) is 18.9. The largest absolute Gasteiger partial charge is 0.468 e. The minimum atomic E-state index is -0.801.